The Morgan fingerprint density at radius 3 is 2.55 bits per heavy atom. The first-order valence-corrected chi connectivity index (χ1v) is 8.21. The van der Waals surface area contributed by atoms with Gasteiger partial charge in [-0.1, -0.05) is 18.5 Å². The van der Waals surface area contributed by atoms with Gasteiger partial charge < -0.3 is 10.1 Å². The van der Waals surface area contributed by atoms with E-state index in [0.29, 0.717) is 28.9 Å². The number of amides is 1. The van der Waals surface area contributed by atoms with Crippen LogP contribution in [0, 0.1) is 0 Å². The predicted octanol–water partition coefficient (Wildman–Crippen LogP) is 3.59. The number of rotatable bonds is 8. The van der Waals surface area contributed by atoms with Gasteiger partial charge in [-0.2, -0.15) is 0 Å². The van der Waals surface area contributed by atoms with Gasteiger partial charge >= 0.3 is 0 Å². The number of hydrogen-bond acceptors (Lipinski definition) is 3. The molecule has 0 aromatic heterocycles. The van der Waals surface area contributed by atoms with Gasteiger partial charge in [-0.05, 0) is 52.4 Å². The summed E-state index contributed by atoms with van der Waals surface area (Å²) in [6.45, 7) is 12.7. The van der Waals surface area contributed by atoms with E-state index in [1.807, 2.05) is 13.8 Å². The molecule has 0 spiro atoms. The van der Waals surface area contributed by atoms with Crippen molar-refractivity contribution in [2.75, 3.05) is 19.6 Å². The number of likely N-dealkylation sites (N-methyl/N-ethyl adjacent to an activating group) is 1. The molecule has 1 aromatic carbocycles. The molecule has 124 valence electrons. The minimum atomic E-state index is -0.155. The number of carbonyl (C=O) groups is 1. The third-order valence-corrected chi connectivity index (χ3v) is 3.61. The van der Waals surface area contributed by atoms with E-state index in [1.54, 1.807) is 18.2 Å². The number of ether oxygens (including phenoxy) is 1. The molecule has 0 aliphatic carbocycles. The Morgan fingerprint density at radius 1 is 1.32 bits per heavy atom. The normalized spacial score (nSPS) is 11.3. The lowest BCUT2D eigenvalue weighted by Gasteiger charge is -2.24. The smallest absolute Gasteiger partial charge is 0.255 e. The van der Waals surface area contributed by atoms with Gasteiger partial charge in [0.15, 0.2) is 0 Å². The van der Waals surface area contributed by atoms with Crippen molar-refractivity contribution in [3.05, 3.63) is 28.8 Å². The Balaban J connectivity index is 2.70. The summed E-state index contributed by atoms with van der Waals surface area (Å²) in [5.41, 5.74) is 0.480. The van der Waals surface area contributed by atoms with Crippen LogP contribution in [-0.4, -0.2) is 42.6 Å². The summed E-state index contributed by atoms with van der Waals surface area (Å²) in [6.07, 6.45) is 0.00393. The molecule has 0 saturated carbocycles. The lowest BCUT2D eigenvalue weighted by molar-refractivity contribution is 0.0940. The summed E-state index contributed by atoms with van der Waals surface area (Å²) in [4.78, 5) is 14.7. The number of halogens is 1. The summed E-state index contributed by atoms with van der Waals surface area (Å²) in [5, 5.41) is 3.47. The third kappa shape index (κ3) is 5.85. The fourth-order valence-electron chi connectivity index (χ4n) is 2.23. The van der Waals surface area contributed by atoms with E-state index in [1.165, 1.54) is 0 Å². The number of benzene rings is 1. The quantitative estimate of drug-likeness (QED) is 0.793. The molecule has 0 aliphatic heterocycles. The maximum Gasteiger partial charge on any atom is 0.255 e. The van der Waals surface area contributed by atoms with Crippen LogP contribution in [0.2, 0.25) is 5.02 Å². The monoisotopic (exact) mass is 326 g/mol. The lowest BCUT2D eigenvalue weighted by atomic mass is 10.2. The average molecular weight is 327 g/mol. The van der Waals surface area contributed by atoms with Crippen LogP contribution in [0.15, 0.2) is 18.2 Å². The molecule has 1 N–H and O–H groups in total. The average Bonchev–Trinajstić information content (AvgIpc) is 2.44. The van der Waals surface area contributed by atoms with Crippen molar-refractivity contribution < 1.29 is 9.53 Å². The van der Waals surface area contributed by atoms with Gasteiger partial charge in [0.1, 0.15) is 5.75 Å². The number of nitrogens with zero attached hydrogens (tertiary/aromatic N) is 1. The van der Waals surface area contributed by atoms with E-state index in [4.69, 9.17) is 16.3 Å². The van der Waals surface area contributed by atoms with Crippen LogP contribution < -0.4 is 10.1 Å². The molecule has 1 amide bonds. The van der Waals surface area contributed by atoms with Crippen LogP contribution in [-0.2, 0) is 0 Å². The van der Waals surface area contributed by atoms with Crippen molar-refractivity contribution in [1.29, 1.82) is 0 Å². The molecular weight excluding hydrogens is 300 g/mol. The SMILES string of the molecule is CCN(CCNC(=O)c1cc(Cl)ccc1OC(C)C)C(C)C. The summed E-state index contributed by atoms with van der Waals surface area (Å²) in [7, 11) is 0. The molecule has 0 bridgehead atoms. The molecule has 0 fully saturated rings. The van der Waals surface area contributed by atoms with Crippen molar-refractivity contribution in [3.8, 4) is 5.75 Å². The van der Waals surface area contributed by atoms with E-state index < -0.39 is 0 Å². The van der Waals surface area contributed by atoms with Gasteiger partial charge in [-0.15, -0.1) is 0 Å². The topological polar surface area (TPSA) is 41.6 Å². The van der Waals surface area contributed by atoms with Gasteiger partial charge in [0, 0.05) is 24.2 Å². The molecule has 0 unspecified atom stereocenters. The van der Waals surface area contributed by atoms with Crippen molar-refractivity contribution in [3.63, 3.8) is 0 Å². The number of nitrogens with one attached hydrogen (secondary N) is 1. The highest BCUT2D eigenvalue weighted by Crippen LogP contribution is 2.23. The van der Waals surface area contributed by atoms with Gasteiger partial charge in [-0.25, -0.2) is 0 Å². The fourth-order valence-corrected chi connectivity index (χ4v) is 2.40. The highest BCUT2D eigenvalue weighted by molar-refractivity contribution is 6.31. The summed E-state index contributed by atoms with van der Waals surface area (Å²) in [5.74, 6) is 0.408. The zero-order chi connectivity index (χ0) is 16.7. The van der Waals surface area contributed by atoms with E-state index in [2.05, 4.69) is 31.0 Å². The highest BCUT2D eigenvalue weighted by Gasteiger charge is 2.15. The van der Waals surface area contributed by atoms with Crippen molar-refractivity contribution >= 4 is 17.5 Å². The summed E-state index contributed by atoms with van der Waals surface area (Å²) in [6, 6.07) is 5.58. The predicted molar refractivity (Wildman–Crippen MR) is 91.9 cm³/mol. The second-order valence-corrected chi connectivity index (χ2v) is 6.22. The van der Waals surface area contributed by atoms with Crippen LogP contribution >= 0.6 is 11.6 Å². The Morgan fingerprint density at radius 2 is 2.00 bits per heavy atom. The van der Waals surface area contributed by atoms with Crippen LogP contribution in [0.3, 0.4) is 0 Å². The zero-order valence-corrected chi connectivity index (χ0v) is 14.9. The molecule has 1 rings (SSSR count). The largest absolute Gasteiger partial charge is 0.490 e. The minimum absolute atomic E-state index is 0.00393. The molecule has 22 heavy (non-hydrogen) atoms. The van der Waals surface area contributed by atoms with Crippen LogP contribution in [0.4, 0.5) is 0 Å². The van der Waals surface area contributed by atoms with E-state index in [0.717, 1.165) is 13.1 Å². The minimum Gasteiger partial charge on any atom is -0.490 e. The molecule has 4 nitrogen and oxygen atoms in total. The molecule has 0 saturated heterocycles. The van der Waals surface area contributed by atoms with Gasteiger partial charge in [0.2, 0.25) is 0 Å². The lowest BCUT2D eigenvalue weighted by Crippen LogP contribution is -2.38. The van der Waals surface area contributed by atoms with E-state index in [-0.39, 0.29) is 12.0 Å². The van der Waals surface area contributed by atoms with E-state index in [9.17, 15) is 4.79 Å². The molecular formula is C17H27ClN2O2. The van der Waals surface area contributed by atoms with E-state index >= 15 is 0 Å². The Hall–Kier alpha value is -1.26. The number of hydrogen-bond donors (Lipinski definition) is 1. The second kappa shape index (κ2) is 9.01. The van der Waals surface area contributed by atoms with Gasteiger partial charge in [0.05, 0.1) is 11.7 Å². The first-order valence-electron chi connectivity index (χ1n) is 7.83. The van der Waals surface area contributed by atoms with Gasteiger partial charge in [0.25, 0.3) is 5.91 Å². The van der Waals surface area contributed by atoms with Gasteiger partial charge in [-0.3, -0.25) is 9.69 Å². The molecule has 1 aromatic rings. The van der Waals surface area contributed by atoms with Crippen LogP contribution in [0.1, 0.15) is 45.0 Å². The Kier molecular flexibility index (Phi) is 7.69. The first-order chi connectivity index (χ1) is 10.3. The Bertz CT molecular complexity index is 490. The highest BCUT2D eigenvalue weighted by atomic mass is 35.5. The Labute approximate surface area is 138 Å². The number of carbonyl (C=O) groups excluding carboxylic acids is 1. The van der Waals surface area contributed by atoms with Crippen molar-refractivity contribution in [2.45, 2.75) is 46.8 Å². The fraction of sp³-hybridized carbons (Fsp3) is 0.588. The van der Waals surface area contributed by atoms with Crippen molar-refractivity contribution in [1.82, 2.24) is 10.2 Å². The molecule has 0 atom stereocenters. The summed E-state index contributed by atoms with van der Waals surface area (Å²) >= 11 is 6.00. The third-order valence-electron chi connectivity index (χ3n) is 3.37. The molecule has 5 heteroatoms. The first kappa shape index (κ1) is 18.8. The summed E-state index contributed by atoms with van der Waals surface area (Å²) < 4.78 is 5.68. The standard InChI is InChI=1S/C17H27ClN2O2/c1-6-20(12(2)3)10-9-19-17(21)15-11-14(18)7-8-16(15)22-13(4)5/h7-8,11-13H,6,9-10H2,1-5H3,(H,19,21). The zero-order valence-electron chi connectivity index (χ0n) is 14.1. The van der Waals surface area contributed by atoms with Crippen LogP contribution in [0.5, 0.6) is 5.75 Å². The molecule has 0 aliphatic rings. The maximum absolute atomic E-state index is 12.4. The molecule has 0 radical (unpaired) electrons. The maximum atomic E-state index is 12.4. The van der Waals surface area contributed by atoms with Crippen molar-refractivity contribution in [2.24, 2.45) is 0 Å². The second-order valence-electron chi connectivity index (χ2n) is 5.79. The molecule has 0 heterocycles. The van der Waals surface area contributed by atoms with Crippen LogP contribution in [0.25, 0.3) is 0 Å².